The number of aliphatic carboxylic acids is 1. The normalized spacial score (nSPS) is 19.3. The van der Waals surface area contributed by atoms with Gasteiger partial charge < -0.3 is 15.2 Å². The highest BCUT2D eigenvalue weighted by Gasteiger charge is 2.41. The van der Waals surface area contributed by atoms with Gasteiger partial charge in [-0.1, -0.05) is 20.8 Å². The van der Waals surface area contributed by atoms with Crippen LogP contribution in [0.1, 0.15) is 33.6 Å². The van der Waals surface area contributed by atoms with Gasteiger partial charge in [0.2, 0.25) is 5.91 Å². The molecular weight excluding hydrogens is 254 g/mol. The molecule has 0 spiro atoms. The zero-order valence-corrected chi connectivity index (χ0v) is 11.9. The average molecular weight is 275 g/mol. The quantitative estimate of drug-likeness (QED) is 0.808. The van der Waals surface area contributed by atoms with E-state index in [1.165, 1.54) is 11.8 Å². The van der Waals surface area contributed by atoms with Gasteiger partial charge in [0, 0.05) is 30.8 Å². The molecule has 1 saturated heterocycles. The molecule has 0 saturated carbocycles. The first-order valence-electron chi connectivity index (χ1n) is 6.01. The van der Waals surface area contributed by atoms with Crippen LogP contribution >= 0.6 is 11.8 Å². The van der Waals surface area contributed by atoms with Gasteiger partial charge in [-0.05, 0) is 0 Å². The van der Waals surface area contributed by atoms with Crippen molar-refractivity contribution in [3.05, 3.63) is 0 Å². The Morgan fingerprint density at radius 1 is 1.33 bits per heavy atom. The molecule has 0 atom stereocenters. The molecule has 1 heterocycles. The SMILES string of the molecule is CC(C)(C)SCC(=O)NC1(C(=O)O)CCOCC1. The summed E-state index contributed by atoms with van der Waals surface area (Å²) in [5.74, 6) is -0.918. The fourth-order valence-electron chi connectivity index (χ4n) is 1.70. The van der Waals surface area contributed by atoms with Crippen LogP contribution in [0.25, 0.3) is 0 Å². The molecule has 0 unspecified atom stereocenters. The van der Waals surface area contributed by atoms with Gasteiger partial charge in [-0.15, -0.1) is 11.8 Å². The molecule has 0 aliphatic carbocycles. The van der Waals surface area contributed by atoms with Crippen LogP contribution in [-0.2, 0) is 14.3 Å². The molecule has 6 heteroatoms. The fraction of sp³-hybridized carbons (Fsp3) is 0.833. The predicted octanol–water partition coefficient (Wildman–Crippen LogP) is 1.27. The summed E-state index contributed by atoms with van der Waals surface area (Å²) < 4.78 is 5.14. The van der Waals surface area contributed by atoms with E-state index in [0.29, 0.717) is 26.1 Å². The standard InChI is InChI=1S/C12H21NO4S/c1-11(2,3)18-8-9(14)13-12(10(15)16)4-6-17-7-5-12/h4-8H2,1-3H3,(H,13,14)(H,15,16). The molecule has 5 nitrogen and oxygen atoms in total. The predicted molar refractivity (Wildman–Crippen MR) is 70.8 cm³/mol. The lowest BCUT2D eigenvalue weighted by molar-refractivity contribution is -0.151. The van der Waals surface area contributed by atoms with Crippen LogP contribution in [0, 0.1) is 0 Å². The maximum absolute atomic E-state index is 11.8. The fourth-order valence-corrected chi connectivity index (χ4v) is 2.33. The number of carbonyl (C=O) groups is 2. The van der Waals surface area contributed by atoms with Crippen LogP contribution in [0.4, 0.5) is 0 Å². The Balaban J connectivity index is 2.56. The van der Waals surface area contributed by atoms with E-state index >= 15 is 0 Å². The van der Waals surface area contributed by atoms with Gasteiger partial charge in [-0.25, -0.2) is 4.79 Å². The molecule has 18 heavy (non-hydrogen) atoms. The average Bonchev–Trinajstić information content (AvgIpc) is 2.26. The van der Waals surface area contributed by atoms with Crippen molar-refractivity contribution in [2.45, 2.75) is 43.9 Å². The van der Waals surface area contributed by atoms with Crippen LogP contribution in [0.2, 0.25) is 0 Å². The molecule has 0 aromatic carbocycles. The van der Waals surface area contributed by atoms with Crippen LogP contribution in [0.3, 0.4) is 0 Å². The van der Waals surface area contributed by atoms with Crippen molar-refractivity contribution in [2.24, 2.45) is 0 Å². The second-order valence-corrected chi connectivity index (χ2v) is 7.25. The van der Waals surface area contributed by atoms with E-state index in [1.807, 2.05) is 20.8 Å². The number of amides is 1. The summed E-state index contributed by atoms with van der Waals surface area (Å²) in [6.45, 7) is 6.81. The van der Waals surface area contributed by atoms with Crippen LogP contribution in [-0.4, -0.2) is 46.2 Å². The molecule has 0 aromatic rings. The lowest BCUT2D eigenvalue weighted by Gasteiger charge is -2.34. The minimum Gasteiger partial charge on any atom is -0.480 e. The van der Waals surface area contributed by atoms with Gasteiger partial charge >= 0.3 is 5.97 Å². The van der Waals surface area contributed by atoms with Crippen molar-refractivity contribution in [3.8, 4) is 0 Å². The number of hydrogen-bond donors (Lipinski definition) is 2. The number of carbonyl (C=O) groups excluding carboxylic acids is 1. The number of thioether (sulfide) groups is 1. The molecule has 2 N–H and O–H groups in total. The van der Waals surface area contributed by atoms with E-state index in [4.69, 9.17) is 4.74 Å². The molecular formula is C12H21NO4S. The van der Waals surface area contributed by atoms with E-state index in [9.17, 15) is 14.7 Å². The Bertz CT molecular complexity index is 319. The molecule has 1 fully saturated rings. The molecule has 1 aliphatic heterocycles. The van der Waals surface area contributed by atoms with Crippen LogP contribution in [0.5, 0.6) is 0 Å². The first-order chi connectivity index (χ1) is 8.25. The Hall–Kier alpha value is -0.750. The van der Waals surface area contributed by atoms with E-state index in [-0.39, 0.29) is 16.4 Å². The van der Waals surface area contributed by atoms with Crippen molar-refractivity contribution < 1.29 is 19.4 Å². The van der Waals surface area contributed by atoms with Gasteiger partial charge in [0.25, 0.3) is 0 Å². The van der Waals surface area contributed by atoms with Crippen molar-refractivity contribution in [3.63, 3.8) is 0 Å². The summed E-state index contributed by atoms with van der Waals surface area (Å²) in [5.41, 5.74) is -1.15. The Morgan fingerprint density at radius 2 is 1.89 bits per heavy atom. The minimum atomic E-state index is -1.15. The topological polar surface area (TPSA) is 75.6 Å². The highest BCUT2D eigenvalue weighted by Crippen LogP contribution is 2.24. The molecule has 0 bridgehead atoms. The van der Waals surface area contributed by atoms with Crippen LogP contribution < -0.4 is 5.32 Å². The van der Waals surface area contributed by atoms with Gasteiger partial charge in [0.15, 0.2) is 0 Å². The number of nitrogens with one attached hydrogen (secondary N) is 1. The molecule has 1 amide bonds. The maximum Gasteiger partial charge on any atom is 0.329 e. The third-order valence-electron chi connectivity index (χ3n) is 2.77. The molecule has 1 aliphatic rings. The highest BCUT2D eigenvalue weighted by molar-refractivity contribution is 8.01. The van der Waals surface area contributed by atoms with Gasteiger partial charge in [0.1, 0.15) is 5.54 Å². The Kier molecular flexibility index (Phi) is 5.04. The smallest absolute Gasteiger partial charge is 0.329 e. The summed E-state index contributed by atoms with van der Waals surface area (Å²) in [6.07, 6.45) is 0.655. The van der Waals surface area contributed by atoms with Gasteiger partial charge in [-0.3, -0.25) is 4.79 Å². The van der Waals surface area contributed by atoms with Crippen molar-refractivity contribution in [2.75, 3.05) is 19.0 Å². The second kappa shape index (κ2) is 5.93. The maximum atomic E-state index is 11.8. The number of carboxylic acid groups (broad SMARTS) is 1. The van der Waals surface area contributed by atoms with E-state index in [1.54, 1.807) is 0 Å². The van der Waals surface area contributed by atoms with E-state index in [0.717, 1.165) is 0 Å². The van der Waals surface area contributed by atoms with Crippen molar-refractivity contribution in [1.29, 1.82) is 0 Å². The number of rotatable bonds is 4. The monoisotopic (exact) mass is 275 g/mol. The molecule has 0 aromatic heterocycles. The summed E-state index contributed by atoms with van der Waals surface area (Å²) in [4.78, 5) is 23.2. The van der Waals surface area contributed by atoms with Gasteiger partial charge in [-0.2, -0.15) is 0 Å². The summed E-state index contributed by atoms with van der Waals surface area (Å²) in [5, 5.41) is 12.0. The second-order valence-electron chi connectivity index (χ2n) is 5.45. The van der Waals surface area contributed by atoms with E-state index in [2.05, 4.69) is 5.32 Å². The van der Waals surface area contributed by atoms with Gasteiger partial charge in [0.05, 0.1) is 5.75 Å². The van der Waals surface area contributed by atoms with Crippen LogP contribution in [0.15, 0.2) is 0 Å². The number of carboxylic acids is 1. The summed E-state index contributed by atoms with van der Waals surface area (Å²) in [6, 6.07) is 0. The molecule has 0 radical (unpaired) electrons. The lowest BCUT2D eigenvalue weighted by atomic mass is 9.90. The zero-order valence-electron chi connectivity index (χ0n) is 11.1. The minimum absolute atomic E-state index is 0.0105. The van der Waals surface area contributed by atoms with Crippen molar-refractivity contribution >= 4 is 23.6 Å². The first-order valence-corrected chi connectivity index (χ1v) is 7.00. The Morgan fingerprint density at radius 3 is 2.33 bits per heavy atom. The number of ether oxygens (including phenoxy) is 1. The third-order valence-corrected chi connectivity index (χ3v) is 4.04. The number of hydrogen-bond acceptors (Lipinski definition) is 4. The third kappa shape index (κ3) is 4.49. The molecule has 1 rings (SSSR count). The summed E-state index contributed by atoms with van der Waals surface area (Å²) >= 11 is 1.50. The summed E-state index contributed by atoms with van der Waals surface area (Å²) in [7, 11) is 0. The Labute approximate surface area is 112 Å². The lowest BCUT2D eigenvalue weighted by Crippen LogP contribution is -2.58. The zero-order chi connectivity index (χ0) is 13.8. The highest BCUT2D eigenvalue weighted by atomic mass is 32.2. The van der Waals surface area contributed by atoms with E-state index < -0.39 is 11.5 Å². The first kappa shape index (κ1) is 15.3. The molecule has 104 valence electrons. The van der Waals surface area contributed by atoms with Crippen molar-refractivity contribution in [1.82, 2.24) is 5.32 Å². The largest absolute Gasteiger partial charge is 0.480 e.